The molecule has 0 radical (unpaired) electrons. The van der Waals surface area contributed by atoms with Gasteiger partial charge in [-0.25, -0.2) is 4.98 Å². The van der Waals surface area contributed by atoms with E-state index in [-0.39, 0.29) is 0 Å². The largest absolute Gasteiger partial charge is 0.351 e. The fraction of sp³-hybridized carbons (Fsp3) is 0.800. The Kier molecular flexibility index (Phi) is 4.08. The number of anilines is 1. The van der Waals surface area contributed by atoms with Gasteiger partial charge in [0.15, 0.2) is 5.13 Å². The lowest BCUT2D eigenvalue weighted by molar-refractivity contribution is 0.337. The van der Waals surface area contributed by atoms with Crippen molar-refractivity contribution in [1.82, 2.24) is 10.3 Å². The van der Waals surface area contributed by atoms with Crippen LogP contribution in [-0.2, 0) is 6.54 Å². The van der Waals surface area contributed by atoms with Crippen molar-refractivity contribution in [3.8, 4) is 0 Å². The van der Waals surface area contributed by atoms with Crippen LogP contribution >= 0.6 is 11.3 Å². The number of nitrogens with zero attached hydrogens (tertiary/aromatic N) is 2. The Morgan fingerprint density at radius 3 is 3.00 bits per heavy atom. The first kappa shape index (κ1) is 13.4. The van der Waals surface area contributed by atoms with Gasteiger partial charge in [0.25, 0.3) is 0 Å². The standard InChI is InChI=1S/C15H25N3S/c1-3-16-8-14-9-17-15(19-14)18(2)10-13-7-11-4-5-12(13)6-11/h9,11-13,16H,3-8,10H2,1-2H3. The van der Waals surface area contributed by atoms with Crippen LogP contribution in [0.1, 0.15) is 37.5 Å². The molecule has 3 rings (SSSR count). The summed E-state index contributed by atoms with van der Waals surface area (Å²) >= 11 is 1.84. The minimum absolute atomic E-state index is 0.921. The summed E-state index contributed by atoms with van der Waals surface area (Å²) < 4.78 is 0. The summed E-state index contributed by atoms with van der Waals surface area (Å²) in [5.41, 5.74) is 0. The number of aromatic nitrogens is 1. The van der Waals surface area contributed by atoms with Crippen molar-refractivity contribution in [3.05, 3.63) is 11.1 Å². The predicted octanol–water partition coefficient (Wildman–Crippen LogP) is 3.13. The van der Waals surface area contributed by atoms with Crippen LogP contribution < -0.4 is 10.2 Å². The molecule has 3 nitrogen and oxygen atoms in total. The van der Waals surface area contributed by atoms with Crippen LogP contribution in [0.4, 0.5) is 5.13 Å². The fourth-order valence-corrected chi connectivity index (χ4v) is 4.68. The molecule has 0 saturated heterocycles. The fourth-order valence-electron chi connectivity index (χ4n) is 3.83. The van der Waals surface area contributed by atoms with Crippen molar-refractivity contribution in [3.63, 3.8) is 0 Å². The van der Waals surface area contributed by atoms with E-state index in [9.17, 15) is 0 Å². The highest BCUT2D eigenvalue weighted by Crippen LogP contribution is 2.48. The van der Waals surface area contributed by atoms with Crippen molar-refractivity contribution in [2.45, 2.75) is 39.2 Å². The molecule has 3 unspecified atom stereocenters. The number of hydrogen-bond acceptors (Lipinski definition) is 4. The smallest absolute Gasteiger partial charge is 0.185 e. The predicted molar refractivity (Wildman–Crippen MR) is 81.7 cm³/mol. The Bertz CT molecular complexity index is 417. The van der Waals surface area contributed by atoms with E-state index in [1.54, 1.807) is 0 Å². The average molecular weight is 279 g/mol. The summed E-state index contributed by atoms with van der Waals surface area (Å²) in [6.07, 6.45) is 7.97. The van der Waals surface area contributed by atoms with Gasteiger partial charge in [-0.15, -0.1) is 11.3 Å². The highest BCUT2D eigenvalue weighted by Gasteiger charge is 2.39. The van der Waals surface area contributed by atoms with Crippen molar-refractivity contribution < 1.29 is 0 Å². The molecule has 2 fully saturated rings. The molecule has 3 atom stereocenters. The second-order valence-corrected chi connectivity index (χ2v) is 7.30. The summed E-state index contributed by atoms with van der Waals surface area (Å²) in [5.74, 6) is 2.97. The summed E-state index contributed by atoms with van der Waals surface area (Å²) in [7, 11) is 2.21. The third kappa shape index (κ3) is 2.95. The first-order chi connectivity index (χ1) is 9.26. The van der Waals surface area contributed by atoms with Gasteiger partial charge < -0.3 is 10.2 Å². The third-order valence-electron chi connectivity index (χ3n) is 4.81. The zero-order chi connectivity index (χ0) is 13.2. The molecule has 1 aromatic heterocycles. The maximum absolute atomic E-state index is 4.58. The quantitative estimate of drug-likeness (QED) is 0.867. The molecule has 0 amide bonds. The Morgan fingerprint density at radius 1 is 1.42 bits per heavy atom. The molecule has 19 heavy (non-hydrogen) atoms. The van der Waals surface area contributed by atoms with Crippen LogP contribution in [0.5, 0.6) is 0 Å². The highest BCUT2D eigenvalue weighted by atomic mass is 32.1. The van der Waals surface area contributed by atoms with E-state index in [2.05, 4.69) is 29.2 Å². The molecule has 106 valence electrons. The molecule has 4 heteroatoms. The van der Waals surface area contributed by atoms with Crippen molar-refractivity contribution in [1.29, 1.82) is 0 Å². The molecular formula is C15H25N3S. The van der Waals surface area contributed by atoms with E-state index >= 15 is 0 Å². The van der Waals surface area contributed by atoms with Gasteiger partial charge in [0, 0.05) is 31.2 Å². The molecule has 2 aliphatic rings. The van der Waals surface area contributed by atoms with E-state index in [4.69, 9.17) is 0 Å². The number of thiazole rings is 1. The van der Waals surface area contributed by atoms with E-state index in [1.807, 2.05) is 17.5 Å². The second kappa shape index (κ2) is 5.80. The van der Waals surface area contributed by atoms with Gasteiger partial charge in [-0.3, -0.25) is 0 Å². The number of nitrogens with one attached hydrogen (secondary N) is 1. The second-order valence-electron chi connectivity index (χ2n) is 6.20. The van der Waals surface area contributed by atoms with Gasteiger partial charge in [-0.1, -0.05) is 13.3 Å². The van der Waals surface area contributed by atoms with Gasteiger partial charge in [-0.2, -0.15) is 0 Å². The zero-order valence-electron chi connectivity index (χ0n) is 12.1. The molecule has 0 spiro atoms. The topological polar surface area (TPSA) is 28.2 Å². The first-order valence-electron chi connectivity index (χ1n) is 7.62. The molecule has 2 saturated carbocycles. The minimum Gasteiger partial charge on any atom is -0.351 e. The van der Waals surface area contributed by atoms with Crippen molar-refractivity contribution in [2.24, 2.45) is 17.8 Å². The van der Waals surface area contributed by atoms with Gasteiger partial charge >= 0.3 is 0 Å². The minimum atomic E-state index is 0.921. The Labute approximate surface area is 120 Å². The molecule has 2 bridgehead atoms. The lowest BCUT2D eigenvalue weighted by Crippen LogP contribution is -2.28. The summed E-state index contributed by atoms with van der Waals surface area (Å²) in [6, 6.07) is 0. The van der Waals surface area contributed by atoms with Crippen LogP contribution in [0.15, 0.2) is 6.20 Å². The van der Waals surface area contributed by atoms with Gasteiger partial charge in [0.1, 0.15) is 0 Å². The maximum atomic E-state index is 4.58. The maximum Gasteiger partial charge on any atom is 0.185 e. The normalized spacial score (nSPS) is 29.1. The lowest BCUT2D eigenvalue weighted by atomic mass is 9.88. The molecule has 1 heterocycles. The van der Waals surface area contributed by atoms with Crippen LogP contribution in [0.3, 0.4) is 0 Å². The van der Waals surface area contributed by atoms with Gasteiger partial charge in [0.2, 0.25) is 0 Å². The average Bonchev–Trinajstić information content (AvgIpc) is 3.12. The highest BCUT2D eigenvalue weighted by molar-refractivity contribution is 7.15. The zero-order valence-corrected chi connectivity index (χ0v) is 12.9. The molecule has 2 aliphatic carbocycles. The Balaban J connectivity index is 1.55. The molecule has 0 aromatic carbocycles. The Hall–Kier alpha value is -0.610. The summed E-state index contributed by atoms with van der Waals surface area (Å²) in [6.45, 7) is 5.32. The lowest BCUT2D eigenvalue weighted by Gasteiger charge is -2.26. The molecule has 1 aromatic rings. The van der Waals surface area contributed by atoms with Crippen LogP contribution in [0, 0.1) is 17.8 Å². The van der Waals surface area contributed by atoms with Crippen LogP contribution in [0.2, 0.25) is 0 Å². The monoisotopic (exact) mass is 279 g/mol. The molecular weight excluding hydrogens is 254 g/mol. The number of hydrogen-bond donors (Lipinski definition) is 1. The SMILES string of the molecule is CCNCc1cnc(N(C)CC2CC3CCC2C3)s1. The van der Waals surface area contributed by atoms with E-state index < -0.39 is 0 Å². The van der Waals surface area contributed by atoms with Crippen molar-refractivity contribution >= 4 is 16.5 Å². The molecule has 1 N–H and O–H groups in total. The van der Waals surface area contributed by atoms with Gasteiger partial charge in [0.05, 0.1) is 0 Å². The van der Waals surface area contributed by atoms with E-state index in [0.717, 1.165) is 30.8 Å². The van der Waals surface area contributed by atoms with Crippen LogP contribution in [0.25, 0.3) is 0 Å². The third-order valence-corrected chi connectivity index (χ3v) is 5.92. The summed E-state index contributed by atoms with van der Waals surface area (Å²) in [4.78, 5) is 8.30. The van der Waals surface area contributed by atoms with Crippen molar-refractivity contribution in [2.75, 3.05) is 25.0 Å². The number of rotatable bonds is 6. The van der Waals surface area contributed by atoms with Crippen LogP contribution in [-0.4, -0.2) is 25.1 Å². The first-order valence-corrected chi connectivity index (χ1v) is 8.44. The summed E-state index contributed by atoms with van der Waals surface area (Å²) in [5, 5.41) is 4.55. The number of fused-ring (bicyclic) bond motifs is 2. The van der Waals surface area contributed by atoms with Gasteiger partial charge in [-0.05, 0) is 43.6 Å². The van der Waals surface area contributed by atoms with E-state index in [1.165, 1.54) is 42.2 Å². The van der Waals surface area contributed by atoms with E-state index in [0.29, 0.717) is 0 Å². The molecule has 0 aliphatic heterocycles. The Morgan fingerprint density at radius 2 is 2.32 bits per heavy atom.